The maximum absolute atomic E-state index is 11.8. The summed E-state index contributed by atoms with van der Waals surface area (Å²) in [6, 6.07) is 3.05. The van der Waals surface area contributed by atoms with Gasteiger partial charge in [-0.3, -0.25) is 9.78 Å². The summed E-state index contributed by atoms with van der Waals surface area (Å²) < 4.78 is 5.09. The van der Waals surface area contributed by atoms with Gasteiger partial charge in [0.2, 0.25) is 0 Å². The number of rotatable bonds is 2. The largest absolute Gasteiger partial charge is 0.389 e. The number of aromatic nitrogens is 1. The Morgan fingerprint density at radius 3 is 2.94 bits per heavy atom. The predicted octanol–water partition coefficient (Wildman–Crippen LogP) is -0.0388. The number of amides is 1. The van der Waals surface area contributed by atoms with E-state index in [0.29, 0.717) is 18.6 Å². The van der Waals surface area contributed by atoms with Crippen molar-refractivity contribution in [3.8, 4) is 0 Å². The molecule has 0 saturated carbocycles. The van der Waals surface area contributed by atoms with E-state index in [4.69, 9.17) is 4.74 Å². The molecule has 2 rings (SSSR count). The lowest BCUT2D eigenvalue weighted by Crippen LogP contribution is -2.48. The molecule has 0 radical (unpaired) electrons. The van der Waals surface area contributed by atoms with Crippen molar-refractivity contribution in [3.05, 3.63) is 30.1 Å². The second-order valence-corrected chi connectivity index (χ2v) is 3.75. The van der Waals surface area contributed by atoms with Crippen molar-refractivity contribution >= 4 is 5.91 Å². The van der Waals surface area contributed by atoms with E-state index >= 15 is 0 Å². The van der Waals surface area contributed by atoms with Crippen molar-refractivity contribution < 1.29 is 14.6 Å². The van der Waals surface area contributed by atoms with E-state index in [2.05, 4.69) is 10.3 Å². The van der Waals surface area contributed by atoms with Crippen LogP contribution in [0.15, 0.2) is 24.5 Å². The number of carbonyl (C=O) groups excluding carboxylic acids is 1. The number of aliphatic hydroxyl groups excluding tert-OH is 1. The van der Waals surface area contributed by atoms with Crippen molar-refractivity contribution in [2.45, 2.75) is 18.6 Å². The van der Waals surface area contributed by atoms with Crippen LogP contribution in [0.2, 0.25) is 0 Å². The molecule has 1 aromatic heterocycles. The van der Waals surface area contributed by atoms with Crippen LogP contribution in [0.25, 0.3) is 0 Å². The molecular formula is C11H14N2O3. The zero-order chi connectivity index (χ0) is 11.4. The van der Waals surface area contributed by atoms with Crippen molar-refractivity contribution in [2.24, 2.45) is 0 Å². The molecule has 0 spiro atoms. The summed E-state index contributed by atoms with van der Waals surface area (Å²) in [6.07, 6.45) is 3.14. The van der Waals surface area contributed by atoms with E-state index in [0.717, 1.165) is 0 Å². The van der Waals surface area contributed by atoms with Gasteiger partial charge in [-0.1, -0.05) is 0 Å². The molecule has 1 amide bonds. The number of ether oxygens (including phenoxy) is 1. The highest BCUT2D eigenvalue weighted by Crippen LogP contribution is 2.08. The van der Waals surface area contributed by atoms with E-state index in [1.807, 2.05) is 0 Å². The lowest BCUT2D eigenvalue weighted by Gasteiger charge is -2.28. The van der Waals surface area contributed by atoms with E-state index in [9.17, 15) is 9.90 Å². The Balaban J connectivity index is 1.96. The van der Waals surface area contributed by atoms with Gasteiger partial charge in [-0.2, -0.15) is 0 Å². The first kappa shape index (κ1) is 11.0. The fraction of sp³-hybridized carbons (Fsp3) is 0.455. The quantitative estimate of drug-likeness (QED) is 0.736. The molecule has 1 aliphatic rings. The lowest BCUT2D eigenvalue weighted by molar-refractivity contribution is -0.0260. The molecule has 0 unspecified atom stereocenters. The van der Waals surface area contributed by atoms with E-state index in [-0.39, 0.29) is 18.6 Å². The van der Waals surface area contributed by atoms with Crippen LogP contribution >= 0.6 is 0 Å². The highest BCUT2D eigenvalue weighted by Gasteiger charge is 2.25. The van der Waals surface area contributed by atoms with Crippen molar-refractivity contribution in [1.29, 1.82) is 0 Å². The van der Waals surface area contributed by atoms with Crippen LogP contribution in [0.4, 0.5) is 0 Å². The van der Waals surface area contributed by atoms with Crippen LogP contribution in [0.5, 0.6) is 0 Å². The Hall–Kier alpha value is -1.46. The van der Waals surface area contributed by atoms with Crippen molar-refractivity contribution in [1.82, 2.24) is 10.3 Å². The van der Waals surface area contributed by atoms with Crippen LogP contribution in [0.1, 0.15) is 16.8 Å². The number of hydrogen-bond acceptors (Lipinski definition) is 4. The first-order chi connectivity index (χ1) is 7.77. The van der Waals surface area contributed by atoms with Gasteiger partial charge in [0.1, 0.15) is 0 Å². The summed E-state index contributed by atoms with van der Waals surface area (Å²) in [6.45, 7) is 0.847. The van der Waals surface area contributed by atoms with Crippen LogP contribution < -0.4 is 5.32 Å². The fourth-order valence-corrected chi connectivity index (χ4v) is 1.65. The lowest BCUT2D eigenvalue weighted by atomic mass is 10.1. The number of hydrogen-bond donors (Lipinski definition) is 2. The highest BCUT2D eigenvalue weighted by atomic mass is 16.5. The molecular weight excluding hydrogens is 208 g/mol. The van der Waals surface area contributed by atoms with E-state index in [1.165, 1.54) is 0 Å². The molecule has 1 fully saturated rings. The van der Waals surface area contributed by atoms with Gasteiger partial charge in [-0.05, 0) is 18.6 Å². The first-order valence-electron chi connectivity index (χ1n) is 5.24. The molecule has 0 bridgehead atoms. The minimum atomic E-state index is -0.625. The van der Waals surface area contributed by atoms with E-state index in [1.54, 1.807) is 24.5 Å². The average molecular weight is 222 g/mol. The highest BCUT2D eigenvalue weighted by molar-refractivity contribution is 5.94. The number of nitrogens with one attached hydrogen (secondary N) is 1. The predicted molar refractivity (Wildman–Crippen MR) is 56.9 cm³/mol. The Labute approximate surface area is 93.5 Å². The molecule has 1 aromatic rings. The molecule has 5 nitrogen and oxygen atoms in total. The zero-order valence-corrected chi connectivity index (χ0v) is 8.80. The molecule has 16 heavy (non-hydrogen) atoms. The van der Waals surface area contributed by atoms with Gasteiger partial charge in [0.15, 0.2) is 0 Å². The van der Waals surface area contributed by atoms with Crippen LogP contribution in [-0.2, 0) is 4.74 Å². The summed E-state index contributed by atoms with van der Waals surface area (Å²) in [7, 11) is 0. The Bertz CT molecular complexity index is 356. The molecule has 1 saturated heterocycles. The summed E-state index contributed by atoms with van der Waals surface area (Å²) in [5.74, 6) is -0.187. The maximum Gasteiger partial charge on any atom is 0.251 e. The third kappa shape index (κ3) is 2.56. The second kappa shape index (κ2) is 5.05. The average Bonchev–Trinajstić information content (AvgIpc) is 2.33. The van der Waals surface area contributed by atoms with Gasteiger partial charge in [0.05, 0.1) is 18.8 Å². The molecule has 2 atom stereocenters. The van der Waals surface area contributed by atoms with Crippen LogP contribution in [0.3, 0.4) is 0 Å². The fourth-order valence-electron chi connectivity index (χ4n) is 1.65. The maximum atomic E-state index is 11.8. The minimum absolute atomic E-state index is 0.187. The molecule has 2 N–H and O–H groups in total. The summed E-state index contributed by atoms with van der Waals surface area (Å²) in [5.41, 5.74) is 0.550. The molecule has 86 valence electrons. The monoisotopic (exact) mass is 222 g/mol. The SMILES string of the molecule is O=C(N[C@@H]1CCOC[C@H]1O)c1ccncc1. The topological polar surface area (TPSA) is 71.5 Å². The van der Waals surface area contributed by atoms with Crippen molar-refractivity contribution in [3.63, 3.8) is 0 Å². The van der Waals surface area contributed by atoms with Gasteiger partial charge >= 0.3 is 0 Å². The van der Waals surface area contributed by atoms with Crippen LogP contribution in [-0.4, -0.2) is 41.4 Å². The molecule has 1 aliphatic heterocycles. The van der Waals surface area contributed by atoms with Gasteiger partial charge in [-0.25, -0.2) is 0 Å². The number of aliphatic hydroxyl groups is 1. The van der Waals surface area contributed by atoms with Gasteiger partial charge < -0.3 is 15.2 Å². The number of carbonyl (C=O) groups is 1. The number of pyridine rings is 1. The second-order valence-electron chi connectivity index (χ2n) is 3.75. The standard InChI is InChI=1S/C11H14N2O3/c14-10-7-16-6-3-9(10)13-11(15)8-1-4-12-5-2-8/h1-2,4-5,9-10,14H,3,6-7H2,(H,13,15)/t9-,10-/m1/s1. The minimum Gasteiger partial charge on any atom is -0.389 e. The Morgan fingerprint density at radius 1 is 1.50 bits per heavy atom. The van der Waals surface area contributed by atoms with Crippen LogP contribution in [0, 0.1) is 0 Å². The third-order valence-electron chi connectivity index (χ3n) is 2.59. The van der Waals surface area contributed by atoms with E-state index < -0.39 is 6.10 Å². The first-order valence-corrected chi connectivity index (χ1v) is 5.24. The molecule has 5 heteroatoms. The number of nitrogens with zero attached hydrogens (tertiary/aromatic N) is 1. The van der Waals surface area contributed by atoms with Gasteiger partial charge in [0.25, 0.3) is 5.91 Å². The Morgan fingerprint density at radius 2 is 2.25 bits per heavy atom. The van der Waals surface area contributed by atoms with Crippen molar-refractivity contribution in [2.75, 3.05) is 13.2 Å². The summed E-state index contributed by atoms with van der Waals surface area (Å²) in [4.78, 5) is 15.6. The van der Waals surface area contributed by atoms with Gasteiger partial charge in [-0.15, -0.1) is 0 Å². The molecule has 2 heterocycles. The molecule has 0 aromatic carbocycles. The zero-order valence-electron chi connectivity index (χ0n) is 8.80. The smallest absolute Gasteiger partial charge is 0.251 e. The summed E-state index contributed by atoms with van der Waals surface area (Å²) in [5, 5.41) is 12.4. The normalized spacial score (nSPS) is 25.1. The molecule has 0 aliphatic carbocycles. The van der Waals surface area contributed by atoms with Gasteiger partial charge in [0, 0.05) is 24.6 Å². The summed E-state index contributed by atoms with van der Waals surface area (Å²) >= 11 is 0. The third-order valence-corrected chi connectivity index (χ3v) is 2.59. The Kier molecular flexibility index (Phi) is 3.48.